The van der Waals surface area contributed by atoms with Crippen LogP contribution in [-0.4, -0.2) is 25.5 Å². The summed E-state index contributed by atoms with van der Waals surface area (Å²) in [6, 6.07) is 9.70. The molecule has 0 saturated carbocycles. The molecule has 1 aromatic carbocycles. The van der Waals surface area contributed by atoms with E-state index in [9.17, 15) is 9.59 Å². The van der Waals surface area contributed by atoms with Crippen LogP contribution < -0.4 is 0 Å². The van der Waals surface area contributed by atoms with Crippen molar-refractivity contribution >= 4 is 11.8 Å². The number of rotatable bonds is 13. The Bertz CT molecular complexity index is 652. The van der Waals surface area contributed by atoms with Crippen molar-refractivity contribution < 1.29 is 19.1 Å². The van der Waals surface area contributed by atoms with E-state index in [1.807, 2.05) is 43.3 Å². The van der Waals surface area contributed by atoms with Crippen LogP contribution in [0.2, 0.25) is 0 Å². The SMILES string of the molecule is CCCCCOC(=O)CC(CC(=O)C(C)=CC=C(CC)OC)c1ccccc1. The molecule has 0 spiro atoms. The maximum absolute atomic E-state index is 12.7. The molecule has 4 heteroatoms. The smallest absolute Gasteiger partial charge is 0.306 e. The van der Waals surface area contributed by atoms with Crippen LogP contribution in [0.15, 0.2) is 53.8 Å². The summed E-state index contributed by atoms with van der Waals surface area (Å²) in [7, 11) is 1.62. The summed E-state index contributed by atoms with van der Waals surface area (Å²) >= 11 is 0. The lowest BCUT2D eigenvalue weighted by molar-refractivity contribution is -0.144. The molecule has 4 nitrogen and oxygen atoms in total. The first kappa shape index (κ1) is 23.7. The van der Waals surface area contributed by atoms with Crippen molar-refractivity contribution in [3.8, 4) is 0 Å². The van der Waals surface area contributed by atoms with Gasteiger partial charge >= 0.3 is 5.97 Å². The number of carbonyl (C=O) groups is 2. The first-order chi connectivity index (χ1) is 13.5. The second-order valence-corrected chi connectivity index (χ2v) is 6.91. The van der Waals surface area contributed by atoms with Crippen molar-refractivity contribution in [2.45, 2.75) is 65.2 Å². The molecule has 1 atom stereocenters. The number of hydrogen-bond donors (Lipinski definition) is 0. The van der Waals surface area contributed by atoms with Gasteiger partial charge in [0.15, 0.2) is 5.78 Å². The van der Waals surface area contributed by atoms with Gasteiger partial charge in [0.2, 0.25) is 0 Å². The monoisotopic (exact) mass is 386 g/mol. The van der Waals surface area contributed by atoms with E-state index in [0.717, 1.165) is 37.0 Å². The molecule has 1 rings (SSSR count). The van der Waals surface area contributed by atoms with E-state index in [-0.39, 0.29) is 30.5 Å². The average molecular weight is 387 g/mol. The van der Waals surface area contributed by atoms with Crippen LogP contribution in [0.3, 0.4) is 0 Å². The lowest BCUT2D eigenvalue weighted by Crippen LogP contribution is -2.15. The van der Waals surface area contributed by atoms with Gasteiger partial charge in [0.25, 0.3) is 0 Å². The van der Waals surface area contributed by atoms with Gasteiger partial charge in [-0.3, -0.25) is 9.59 Å². The normalized spacial score (nSPS) is 13.1. The van der Waals surface area contributed by atoms with Crippen LogP contribution in [0.4, 0.5) is 0 Å². The van der Waals surface area contributed by atoms with Crippen LogP contribution in [0.25, 0.3) is 0 Å². The molecule has 154 valence electrons. The van der Waals surface area contributed by atoms with Crippen LogP contribution >= 0.6 is 0 Å². The molecule has 0 N–H and O–H groups in total. The molecular weight excluding hydrogens is 352 g/mol. The van der Waals surface area contributed by atoms with Crippen molar-refractivity contribution in [2.24, 2.45) is 0 Å². The fourth-order valence-corrected chi connectivity index (χ4v) is 2.86. The summed E-state index contributed by atoms with van der Waals surface area (Å²) in [6.45, 7) is 6.35. The Labute approximate surface area is 169 Å². The largest absolute Gasteiger partial charge is 0.501 e. The maximum Gasteiger partial charge on any atom is 0.306 e. The van der Waals surface area contributed by atoms with E-state index >= 15 is 0 Å². The van der Waals surface area contributed by atoms with Gasteiger partial charge < -0.3 is 9.47 Å². The van der Waals surface area contributed by atoms with Gasteiger partial charge in [-0.25, -0.2) is 0 Å². The van der Waals surface area contributed by atoms with E-state index in [2.05, 4.69) is 6.92 Å². The quantitative estimate of drug-likeness (QED) is 0.143. The van der Waals surface area contributed by atoms with Gasteiger partial charge in [0.1, 0.15) is 0 Å². The summed E-state index contributed by atoms with van der Waals surface area (Å²) in [4.78, 5) is 25.0. The summed E-state index contributed by atoms with van der Waals surface area (Å²) < 4.78 is 10.6. The van der Waals surface area contributed by atoms with E-state index < -0.39 is 0 Å². The molecule has 1 unspecified atom stereocenters. The van der Waals surface area contributed by atoms with Gasteiger partial charge in [-0.2, -0.15) is 0 Å². The zero-order valence-corrected chi connectivity index (χ0v) is 17.7. The van der Waals surface area contributed by atoms with E-state index in [0.29, 0.717) is 12.2 Å². The Morgan fingerprint density at radius 2 is 1.75 bits per heavy atom. The molecule has 0 amide bonds. The molecule has 0 saturated heterocycles. The highest BCUT2D eigenvalue weighted by Gasteiger charge is 2.21. The first-order valence-electron chi connectivity index (χ1n) is 10.2. The Morgan fingerprint density at radius 1 is 1.04 bits per heavy atom. The van der Waals surface area contributed by atoms with Crippen LogP contribution in [0.1, 0.15) is 70.8 Å². The molecule has 0 heterocycles. The third-order valence-corrected chi connectivity index (χ3v) is 4.70. The minimum Gasteiger partial charge on any atom is -0.501 e. The fourth-order valence-electron chi connectivity index (χ4n) is 2.86. The highest BCUT2D eigenvalue weighted by molar-refractivity contribution is 5.95. The lowest BCUT2D eigenvalue weighted by atomic mass is 9.89. The Morgan fingerprint density at radius 3 is 2.36 bits per heavy atom. The minimum absolute atomic E-state index is 0.0236. The van der Waals surface area contributed by atoms with Crippen molar-refractivity contribution in [1.82, 2.24) is 0 Å². The van der Waals surface area contributed by atoms with E-state index in [4.69, 9.17) is 9.47 Å². The van der Waals surface area contributed by atoms with Gasteiger partial charge in [-0.1, -0.05) is 63.1 Å². The topological polar surface area (TPSA) is 52.6 Å². The number of hydrogen-bond acceptors (Lipinski definition) is 4. The Hall–Kier alpha value is -2.36. The van der Waals surface area contributed by atoms with Crippen LogP contribution in [0.5, 0.6) is 0 Å². The van der Waals surface area contributed by atoms with E-state index in [1.54, 1.807) is 20.1 Å². The zero-order chi connectivity index (χ0) is 20.8. The molecular formula is C24H34O4. The predicted molar refractivity (Wildman–Crippen MR) is 113 cm³/mol. The summed E-state index contributed by atoms with van der Waals surface area (Å²) in [5.74, 6) is 0.414. The number of allylic oxidation sites excluding steroid dienone is 4. The number of carbonyl (C=O) groups excluding carboxylic acids is 2. The highest BCUT2D eigenvalue weighted by Crippen LogP contribution is 2.26. The fraction of sp³-hybridized carbons (Fsp3) is 0.500. The maximum atomic E-state index is 12.7. The Kier molecular flexibility index (Phi) is 11.6. The van der Waals surface area contributed by atoms with Crippen molar-refractivity contribution in [2.75, 3.05) is 13.7 Å². The van der Waals surface area contributed by atoms with Crippen LogP contribution in [-0.2, 0) is 19.1 Å². The number of Topliss-reactive ketones (excluding diaryl/α,β-unsaturated/α-hetero) is 1. The Balaban J connectivity index is 2.80. The second kappa shape index (κ2) is 13.8. The molecule has 0 aromatic heterocycles. The standard InChI is InChI=1S/C24H34O4/c1-5-7-11-16-28-24(26)18-21(20-12-9-8-10-13-20)17-23(25)19(3)14-15-22(6-2)27-4/h8-10,12-15,21H,5-7,11,16-18H2,1-4H3. The third kappa shape index (κ3) is 9.03. The molecule has 0 radical (unpaired) electrons. The van der Waals surface area contributed by atoms with Gasteiger partial charge in [0, 0.05) is 18.8 Å². The number of methoxy groups -OCH3 is 1. The minimum atomic E-state index is -0.244. The van der Waals surface area contributed by atoms with Crippen LogP contribution in [0, 0.1) is 0 Å². The van der Waals surface area contributed by atoms with E-state index in [1.165, 1.54) is 0 Å². The number of esters is 1. The highest BCUT2D eigenvalue weighted by atomic mass is 16.5. The summed E-state index contributed by atoms with van der Waals surface area (Å²) in [5, 5.41) is 0. The third-order valence-electron chi connectivity index (χ3n) is 4.70. The number of unbranched alkanes of at least 4 members (excludes halogenated alkanes) is 2. The second-order valence-electron chi connectivity index (χ2n) is 6.91. The van der Waals surface area contributed by atoms with Crippen molar-refractivity contribution in [3.05, 3.63) is 59.4 Å². The lowest BCUT2D eigenvalue weighted by Gasteiger charge is -2.16. The molecule has 0 bridgehead atoms. The number of ether oxygens (including phenoxy) is 2. The molecule has 0 aliphatic rings. The summed E-state index contributed by atoms with van der Waals surface area (Å²) in [6.07, 6.45) is 7.88. The van der Waals surface area contributed by atoms with Gasteiger partial charge in [-0.05, 0) is 30.6 Å². The predicted octanol–water partition coefficient (Wildman–Crippen LogP) is 5.74. The van der Waals surface area contributed by atoms with Gasteiger partial charge in [-0.15, -0.1) is 0 Å². The zero-order valence-electron chi connectivity index (χ0n) is 17.7. The average Bonchev–Trinajstić information content (AvgIpc) is 2.71. The molecule has 0 aliphatic heterocycles. The number of benzene rings is 1. The molecule has 1 aromatic rings. The summed E-state index contributed by atoms with van der Waals surface area (Å²) in [5.41, 5.74) is 1.64. The molecule has 0 fully saturated rings. The number of ketones is 1. The first-order valence-corrected chi connectivity index (χ1v) is 10.2. The van der Waals surface area contributed by atoms with Crippen molar-refractivity contribution in [3.63, 3.8) is 0 Å². The molecule has 0 aliphatic carbocycles. The van der Waals surface area contributed by atoms with Gasteiger partial charge in [0.05, 0.1) is 25.9 Å². The van der Waals surface area contributed by atoms with Crippen molar-refractivity contribution in [1.29, 1.82) is 0 Å². The molecule has 28 heavy (non-hydrogen) atoms.